The van der Waals surface area contributed by atoms with E-state index in [1.807, 2.05) is 18.2 Å². The quantitative estimate of drug-likeness (QED) is 0.176. The molecule has 1 atom stereocenters. The van der Waals surface area contributed by atoms with Crippen LogP contribution in [0.3, 0.4) is 0 Å². The molecule has 284 valence electrons. The van der Waals surface area contributed by atoms with E-state index in [2.05, 4.69) is 188 Å². The molecule has 0 saturated carbocycles. The maximum Gasteiger partial charge on any atom is 0.159 e. The molecular formula is C54H42N4O. The summed E-state index contributed by atoms with van der Waals surface area (Å²) in [6.07, 6.45) is 8.30. The zero-order chi connectivity index (χ0) is 39.5. The third-order valence-electron chi connectivity index (χ3n) is 12.2. The molecule has 7 aromatic carbocycles. The number of furan rings is 1. The van der Waals surface area contributed by atoms with Crippen molar-refractivity contribution < 1.29 is 4.42 Å². The van der Waals surface area contributed by atoms with Crippen molar-refractivity contribution >= 4 is 50.7 Å². The van der Waals surface area contributed by atoms with Crippen molar-refractivity contribution in [1.29, 1.82) is 0 Å². The first-order valence-electron chi connectivity index (χ1n) is 20.5. The van der Waals surface area contributed by atoms with Gasteiger partial charge < -0.3 is 14.6 Å². The van der Waals surface area contributed by atoms with Crippen molar-refractivity contribution in [3.63, 3.8) is 0 Å². The third-order valence-corrected chi connectivity index (χ3v) is 12.2. The lowest BCUT2D eigenvalue weighted by Crippen LogP contribution is -2.33. The molecule has 0 amide bonds. The molecule has 8 aromatic rings. The highest BCUT2D eigenvalue weighted by atomic mass is 16.3. The highest BCUT2D eigenvalue weighted by Crippen LogP contribution is 2.51. The van der Waals surface area contributed by atoms with E-state index in [0.717, 1.165) is 91.3 Å². The Hall–Kier alpha value is -7.24. The van der Waals surface area contributed by atoms with E-state index < -0.39 is 0 Å². The number of anilines is 3. The molecule has 0 saturated heterocycles. The van der Waals surface area contributed by atoms with Crippen LogP contribution in [0.1, 0.15) is 55.1 Å². The fourth-order valence-corrected chi connectivity index (χ4v) is 9.20. The Morgan fingerprint density at radius 3 is 2.12 bits per heavy atom. The summed E-state index contributed by atoms with van der Waals surface area (Å²) >= 11 is 0. The molecule has 3 aliphatic rings. The summed E-state index contributed by atoms with van der Waals surface area (Å²) in [5.74, 6) is 1.47. The number of allylic oxidation sites excluding steroid dienone is 2. The number of nitrogens with one attached hydrogen (secondary N) is 1. The molecule has 11 rings (SSSR count). The van der Waals surface area contributed by atoms with Crippen LogP contribution in [0.25, 0.3) is 44.2 Å². The van der Waals surface area contributed by atoms with Gasteiger partial charge in [-0.3, -0.25) is 0 Å². The predicted molar refractivity (Wildman–Crippen MR) is 244 cm³/mol. The molecule has 5 heteroatoms. The Kier molecular flexibility index (Phi) is 8.29. The third kappa shape index (κ3) is 5.92. The van der Waals surface area contributed by atoms with Crippen LogP contribution in [0.4, 0.5) is 17.1 Å². The second kappa shape index (κ2) is 14.0. The maximum atomic E-state index is 6.78. The zero-order valence-electron chi connectivity index (χ0n) is 33.1. The summed E-state index contributed by atoms with van der Waals surface area (Å²) in [4.78, 5) is 12.6. The molecule has 0 fully saturated rings. The Labute approximate surface area is 344 Å². The van der Waals surface area contributed by atoms with E-state index in [0.29, 0.717) is 0 Å². The van der Waals surface area contributed by atoms with E-state index in [1.165, 1.54) is 22.3 Å². The van der Waals surface area contributed by atoms with Crippen LogP contribution in [-0.2, 0) is 5.41 Å². The van der Waals surface area contributed by atoms with Gasteiger partial charge in [0.2, 0.25) is 0 Å². The molecule has 0 radical (unpaired) electrons. The molecule has 1 aliphatic heterocycles. The number of para-hydroxylation sites is 2. The number of aliphatic imine (C=N–C) groups is 2. The zero-order valence-corrected chi connectivity index (χ0v) is 33.1. The maximum absolute atomic E-state index is 6.78. The Bertz CT molecular complexity index is 3040. The summed E-state index contributed by atoms with van der Waals surface area (Å²) in [6, 6.07) is 58.4. The SMILES string of the molecule is CC1(C)c2ccccc2-c2ccc(N(c3ccccc3)c3ccc(-c4ccc(C5=NC(C6=CCCC=C6)=NC(c6ccccc6)N5)c5oc6ccccc6c45)cc3)cc21. The van der Waals surface area contributed by atoms with Crippen LogP contribution in [0.2, 0.25) is 0 Å². The molecule has 0 bridgehead atoms. The summed E-state index contributed by atoms with van der Waals surface area (Å²) in [5.41, 5.74) is 15.5. The minimum atomic E-state index is -0.291. The fraction of sp³-hybridized carbons (Fsp3) is 0.111. The van der Waals surface area contributed by atoms with Gasteiger partial charge in [0.25, 0.3) is 0 Å². The normalized spacial score (nSPS) is 16.5. The van der Waals surface area contributed by atoms with Gasteiger partial charge in [-0.25, -0.2) is 9.98 Å². The molecule has 0 spiro atoms. The lowest BCUT2D eigenvalue weighted by Gasteiger charge is -2.28. The molecule has 1 aromatic heterocycles. The van der Waals surface area contributed by atoms with Crippen molar-refractivity contribution in [3.05, 3.63) is 210 Å². The van der Waals surface area contributed by atoms with E-state index in [1.54, 1.807) is 0 Å². The van der Waals surface area contributed by atoms with Gasteiger partial charge in [-0.1, -0.05) is 147 Å². The van der Waals surface area contributed by atoms with E-state index >= 15 is 0 Å². The molecule has 59 heavy (non-hydrogen) atoms. The van der Waals surface area contributed by atoms with Gasteiger partial charge >= 0.3 is 0 Å². The Balaban J connectivity index is 1.01. The number of nitrogens with zero attached hydrogens (tertiary/aromatic N) is 3. The summed E-state index contributed by atoms with van der Waals surface area (Å²) in [7, 11) is 0. The minimum absolute atomic E-state index is 0.0984. The van der Waals surface area contributed by atoms with Crippen LogP contribution in [0, 0.1) is 0 Å². The highest BCUT2D eigenvalue weighted by molar-refractivity contribution is 6.22. The fourth-order valence-electron chi connectivity index (χ4n) is 9.20. The van der Waals surface area contributed by atoms with Crippen LogP contribution in [0.15, 0.2) is 202 Å². The summed E-state index contributed by atoms with van der Waals surface area (Å²) < 4.78 is 6.78. The van der Waals surface area contributed by atoms with Gasteiger partial charge in [0.15, 0.2) is 5.84 Å². The van der Waals surface area contributed by atoms with Crippen LogP contribution < -0.4 is 10.2 Å². The monoisotopic (exact) mass is 762 g/mol. The molecule has 1 N–H and O–H groups in total. The minimum Gasteiger partial charge on any atom is -0.455 e. The topological polar surface area (TPSA) is 53.1 Å². The molecular weight excluding hydrogens is 721 g/mol. The van der Waals surface area contributed by atoms with Gasteiger partial charge in [-0.15, -0.1) is 0 Å². The molecule has 2 aliphatic carbocycles. The Morgan fingerprint density at radius 2 is 1.31 bits per heavy atom. The molecule has 2 heterocycles. The van der Waals surface area contributed by atoms with Gasteiger partial charge in [0.1, 0.15) is 23.2 Å². The van der Waals surface area contributed by atoms with E-state index in [9.17, 15) is 0 Å². The van der Waals surface area contributed by atoms with Gasteiger partial charge in [-0.05, 0) is 100 Å². The summed E-state index contributed by atoms with van der Waals surface area (Å²) in [5, 5.41) is 5.80. The van der Waals surface area contributed by atoms with Crippen LogP contribution >= 0.6 is 0 Å². The highest BCUT2D eigenvalue weighted by Gasteiger charge is 2.36. The number of benzene rings is 7. The lowest BCUT2D eigenvalue weighted by atomic mass is 9.82. The number of hydrogen-bond donors (Lipinski definition) is 1. The smallest absolute Gasteiger partial charge is 0.159 e. The van der Waals surface area contributed by atoms with E-state index in [-0.39, 0.29) is 11.6 Å². The first kappa shape index (κ1) is 35.0. The average Bonchev–Trinajstić information content (AvgIpc) is 3.80. The van der Waals surface area contributed by atoms with E-state index in [4.69, 9.17) is 14.4 Å². The second-order valence-electron chi connectivity index (χ2n) is 16.1. The molecule has 5 nitrogen and oxygen atoms in total. The van der Waals surface area contributed by atoms with Crippen LogP contribution in [0.5, 0.6) is 0 Å². The van der Waals surface area contributed by atoms with Crippen molar-refractivity contribution in [3.8, 4) is 22.3 Å². The van der Waals surface area contributed by atoms with Gasteiger partial charge in [0, 0.05) is 38.8 Å². The average molecular weight is 763 g/mol. The number of amidine groups is 2. The summed E-state index contributed by atoms with van der Waals surface area (Å²) in [6.45, 7) is 4.68. The number of rotatable bonds is 7. The van der Waals surface area contributed by atoms with Gasteiger partial charge in [0.05, 0.1) is 5.56 Å². The lowest BCUT2D eigenvalue weighted by molar-refractivity contribution is 0.659. The van der Waals surface area contributed by atoms with Crippen molar-refractivity contribution in [2.75, 3.05) is 4.90 Å². The second-order valence-corrected chi connectivity index (χ2v) is 16.1. The van der Waals surface area contributed by atoms with Crippen molar-refractivity contribution in [2.45, 2.75) is 38.3 Å². The molecule has 1 unspecified atom stereocenters. The Morgan fingerprint density at radius 1 is 0.627 bits per heavy atom. The van der Waals surface area contributed by atoms with Gasteiger partial charge in [-0.2, -0.15) is 0 Å². The number of fused-ring (bicyclic) bond motifs is 6. The first-order valence-corrected chi connectivity index (χ1v) is 20.5. The standard InChI is InChI=1S/C54H42N4O/c1-54(2)46-24-14-12-22-42(46)43-31-30-40(34-47(43)54)58(38-20-10-5-11-21-38)39-28-26-35(27-29-39)41-32-33-45(50-49(41)44-23-13-15-25-48(44)59-50)53-56-51(36-16-6-3-7-17-36)55-52(57-53)37-18-8-4-9-19-37/h3,5-8,10-34,51H,4,9H2,1-2H3,(H,55,56,57). The largest absolute Gasteiger partial charge is 0.455 e. The number of hydrogen-bond acceptors (Lipinski definition) is 5. The van der Waals surface area contributed by atoms with Crippen molar-refractivity contribution in [1.82, 2.24) is 5.32 Å². The van der Waals surface area contributed by atoms with Crippen molar-refractivity contribution in [2.24, 2.45) is 9.98 Å². The van der Waals surface area contributed by atoms with Crippen LogP contribution in [-0.4, -0.2) is 11.7 Å². The predicted octanol–water partition coefficient (Wildman–Crippen LogP) is 13.8. The first-order chi connectivity index (χ1) is 29.0.